The number of hydrogen-bond acceptors (Lipinski definition) is 3. The molecule has 1 N–H and O–H groups in total. The van der Waals surface area contributed by atoms with Gasteiger partial charge in [0, 0.05) is 11.4 Å². The van der Waals surface area contributed by atoms with E-state index in [1.54, 1.807) is 11.3 Å². The standard InChI is InChI=1S/C12H16N2S/c1-12(2)5-9(12)7-14-8-11-4-3-10(6-13)15-11/h3-4,9,14H,5,7-8H2,1-2H3. The van der Waals surface area contributed by atoms with Crippen molar-refractivity contribution in [3.05, 3.63) is 21.9 Å². The van der Waals surface area contributed by atoms with Gasteiger partial charge in [0.2, 0.25) is 0 Å². The minimum Gasteiger partial charge on any atom is -0.312 e. The molecule has 0 radical (unpaired) electrons. The third kappa shape index (κ3) is 2.58. The number of nitrogens with one attached hydrogen (secondary N) is 1. The van der Waals surface area contributed by atoms with Gasteiger partial charge in [0.1, 0.15) is 10.9 Å². The van der Waals surface area contributed by atoms with Gasteiger partial charge in [-0.1, -0.05) is 13.8 Å². The minimum atomic E-state index is 0.556. The molecule has 3 heteroatoms. The van der Waals surface area contributed by atoms with E-state index in [9.17, 15) is 0 Å². The Kier molecular flexibility index (Phi) is 2.81. The molecule has 1 fully saturated rings. The Morgan fingerprint density at radius 3 is 2.87 bits per heavy atom. The molecular weight excluding hydrogens is 204 g/mol. The highest BCUT2D eigenvalue weighted by molar-refractivity contribution is 7.12. The first-order valence-corrected chi connectivity index (χ1v) is 6.13. The van der Waals surface area contributed by atoms with Gasteiger partial charge in [-0.05, 0) is 36.4 Å². The van der Waals surface area contributed by atoms with Gasteiger partial charge in [-0.3, -0.25) is 0 Å². The molecule has 2 rings (SSSR count). The lowest BCUT2D eigenvalue weighted by atomic mass is 10.1. The van der Waals surface area contributed by atoms with Crippen molar-refractivity contribution in [2.24, 2.45) is 11.3 Å². The van der Waals surface area contributed by atoms with Crippen molar-refractivity contribution in [1.82, 2.24) is 5.32 Å². The molecule has 1 atom stereocenters. The van der Waals surface area contributed by atoms with E-state index in [4.69, 9.17) is 5.26 Å². The second-order valence-electron chi connectivity index (χ2n) is 4.90. The molecule has 0 amide bonds. The fraction of sp³-hybridized carbons (Fsp3) is 0.583. The summed E-state index contributed by atoms with van der Waals surface area (Å²) in [6, 6.07) is 6.09. The zero-order valence-electron chi connectivity index (χ0n) is 9.21. The summed E-state index contributed by atoms with van der Waals surface area (Å²) in [5, 5.41) is 12.1. The molecule has 0 bridgehead atoms. The maximum Gasteiger partial charge on any atom is 0.110 e. The molecule has 1 aromatic rings. The van der Waals surface area contributed by atoms with Crippen LogP contribution in [0.3, 0.4) is 0 Å². The van der Waals surface area contributed by atoms with Gasteiger partial charge >= 0.3 is 0 Å². The first-order valence-electron chi connectivity index (χ1n) is 5.31. The zero-order valence-corrected chi connectivity index (χ0v) is 10.0. The van der Waals surface area contributed by atoms with Crippen LogP contribution in [0.25, 0.3) is 0 Å². The Labute approximate surface area is 94.9 Å². The molecule has 2 nitrogen and oxygen atoms in total. The van der Waals surface area contributed by atoms with Crippen LogP contribution in [0.2, 0.25) is 0 Å². The summed E-state index contributed by atoms with van der Waals surface area (Å²) in [4.78, 5) is 2.06. The van der Waals surface area contributed by atoms with Crippen molar-refractivity contribution in [3.63, 3.8) is 0 Å². The Hall–Kier alpha value is -0.850. The zero-order chi connectivity index (χ0) is 10.9. The highest BCUT2D eigenvalue weighted by Crippen LogP contribution is 2.50. The van der Waals surface area contributed by atoms with Crippen LogP contribution in [0.15, 0.2) is 12.1 Å². The van der Waals surface area contributed by atoms with Crippen LogP contribution in [-0.4, -0.2) is 6.54 Å². The molecule has 1 saturated carbocycles. The molecule has 0 spiro atoms. The maximum atomic E-state index is 8.68. The van der Waals surface area contributed by atoms with Crippen molar-refractivity contribution in [2.75, 3.05) is 6.54 Å². The van der Waals surface area contributed by atoms with Gasteiger partial charge < -0.3 is 5.32 Å². The number of nitriles is 1. The normalized spacial score (nSPS) is 22.3. The third-order valence-electron chi connectivity index (χ3n) is 3.18. The van der Waals surface area contributed by atoms with E-state index in [-0.39, 0.29) is 0 Å². The van der Waals surface area contributed by atoms with E-state index in [1.807, 2.05) is 12.1 Å². The lowest BCUT2D eigenvalue weighted by Crippen LogP contribution is -2.17. The van der Waals surface area contributed by atoms with Gasteiger partial charge in [-0.15, -0.1) is 11.3 Å². The van der Waals surface area contributed by atoms with Gasteiger partial charge in [-0.2, -0.15) is 5.26 Å². The van der Waals surface area contributed by atoms with E-state index >= 15 is 0 Å². The number of nitrogens with zero attached hydrogens (tertiary/aromatic N) is 1. The quantitative estimate of drug-likeness (QED) is 0.847. The van der Waals surface area contributed by atoms with Crippen LogP contribution in [0.5, 0.6) is 0 Å². The van der Waals surface area contributed by atoms with Gasteiger partial charge in [0.15, 0.2) is 0 Å². The van der Waals surface area contributed by atoms with E-state index in [1.165, 1.54) is 11.3 Å². The number of thiophene rings is 1. The Morgan fingerprint density at radius 2 is 2.33 bits per heavy atom. The molecule has 15 heavy (non-hydrogen) atoms. The van der Waals surface area contributed by atoms with Crippen LogP contribution in [0, 0.1) is 22.7 Å². The third-order valence-corrected chi connectivity index (χ3v) is 4.17. The average Bonchev–Trinajstić information content (AvgIpc) is 2.65. The van der Waals surface area contributed by atoms with Crippen LogP contribution in [0.4, 0.5) is 0 Å². The molecule has 80 valence electrons. The highest BCUT2D eigenvalue weighted by Gasteiger charge is 2.44. The first kappa shape index (κ1) is 10.7. The summed E-state index contributed by atoms with van der Waals surface area (Å²) in [7, 11) is 0. The smallest absolute Gasteiger partial charge is 0.110 e. The summed E-state index contributed by atoms with van der Waals surface area (Å²) < 4.78 is 0. The van der Waals surface area contributed by atoms with Crippen molar-refractivity contribution in [2.45, 2.75) is 26.8 Å². The number of hydrogen-bond donors (Lipinski definition) is 1. The van der Waals surface area contributed by atoms with E-state index in [2.05, 4.69) is 25.2 Å². The average molecular weight is 220 g/mol. The Balaban J connectivity index is 1.73. The van der Waals surface area contributed by atoms with Crippen molar-refractivity contribution >= 4 is 11.3 Å². The Bertz CT molecular complexity index is 387. The van der Waals surface area contributed by atoms with E-state index < -0.39 is 0 Å². The second kappa shape index (κ2) is 3.96. The predicted octanol–water partition coefficient (Wildman–Crippen LogP) is 2.76. The van der Waals surface area contributed by atoms with Crippen LogP contribution < -0.4 is 5.32 Å². The Morgan fingerprint density at radius 1 is 1.60 bits per heavy atom. The SMILES string of the molecule is CC1(C)CC1CNCc1ccc(C#N)s1. The fourth-order valence-electron chi connectivity index (χ4n) is 1.83. The largest absolute Gasteiger partial charge is 0.312 e. The van der Waals surface area contributed by atoms with Crippen LogP contribution >= 0.6 is 11.3 Å². The summed E-state index contributed by atoms with van der Waals surface area (Å²) >= 11 is 1.58. The van der Waals surface area contributed by atoms with Crippen LogP contribution in [0.1, 0.15) is 30.0 Å². The molecule has 0 aromatic carbocycles. The topological polar surface area (TPSA) is 35.8 Å². The molecule has 1 aromatic heterocycles. The molecule has 1 heterocycles. The van der Waals surface area contributed by atoms with Gasteiger partial charge in [0.05, 0.1) is 0 Å². The second-order valence-corrected chi connectivity index (χ2v) is 6.07. The van der Waals surface area contributed by atoms with Gasteiger partial charge in [-0.25, -0.2) is 0 Å². The molecule has 0 saturated heterocycles. The lowest BCUT2D eigenvalue weighted by molar-refractivity contribution is 0.521. The minimum absolute atomic E-state index is 0.556. The summed E-state index contributed by atoms with van der Waals surface area (Å²) in [6.45, 7) is 6.64. The summed E-state index contributed by atoms with van der Waals surface area (Å²) in [6.07, 6.45) is 1.34. The predicted molar refractivity (Wildman–Crippen MR) is 62.6 cm³/mol. The first-order chi connectivity index (χ1) is 7.12. The van der Waals surface area contributed by atoms with E-state index in [0.717, 1.165) is 23.9 Å². The maximum absolute atomic E-state index is 8.68. The summed E-state index contributed by atoms with van der Waals surface area (Å²) in [5.74, 6) is 0.841. The van der Waals surface area contributed by atoms with Crippen LogP contribution in [-0.2, 0) is 6.54 Å². The van der Waals surface area contributed by atoms with Crippen molar-refractivity contribution < 1.29 is 0 Å². The van der Waals surface area contributed by atoms with Gasteiger partial charge in [0.25, 0.3) is 0 Å². The fourth-order valence-corrected chi connectivity index (χ4v) is 2.60. The molecule has 0 aliphatic heterocycles. The molecular formula is C12H16N2S. The lowest BCUT2D eigenvalue weighted by Gasteiger charge is -2.04. The highest BCUT2D eigenvalue weighted by atomic mass is 32.1. The van der Waals surface area contributed by atoms with Crippen molar-refractivity contribution in [3.8, 4) is 6.07 Å². The van der Waals surface area contributed by atoms with E-state index in [0.29, 0.717) is 5.41 Å². The van der Waals surface area contributed by atoms with Crippen molar-refractivity contribution in [1.29, 1.82) is 5.26 Å². The molecule has 1 aliphatic carbocycles. The molecule has 1 unspecified atom stereocenters. The monoisotopic (exact) mass is 220 g/mol. The summed E-state index contributed by atoms with van der Waals surface area (Å²) in [5.41, 5.74) is 0.556. The molecule has 1 aliphatic rings. The number of rotatable bonds is 4.